The van der Waals surface area contributed by atoms with Gasteiger partial charge in [-0.3, -0.25) is 0 Å². The molecule has 1 aromatic heterocycles. The van der Waals surface area contributed by atoms with Gasteiger partial charge in [0.2, 0.25) is 0 Å². The molecule has 0 saturated heterocycles. The summed E-state index contributed by atoms with van der Waals surface area (Å²) >= 11 is 6.54. The van der Waals surface area contributed by atoms with Crippen LogP contribution in [-0.4, -0.2) is 43.9 Å². The van der Waals surface area contributed by atoms with Crippen molar-refractivity contribution in [3.05, 3.63) is 41.6 Å². The van der Waals surface area contributed by atoms with Gasteiger partial charge < -0.3 is 20.7 Å². The largest absolute Gasteiger partial charge is 0.384 e. The number of aromatic nitrogens is 1. The van der Waals surface area contributed by atoms with E-state index in [9.17, 15) is 0 Å². The molecule has 2 aliphatic rings. The van der Waals surface area contributed by atoms with Crippen LogP contribution in [0.3, 0.4) is 0 Å². The molecule has 2 aromatic rings. The second-order valence-electron chi connectivity index (χ2n) is 9.43. The van der Waals surface area contributed by atoms with Crippen LogP contribution in [0.5, 0.6) is 0 Å². The number of benzene rings is 1. The first-order chi connectivity index (χ1) is 15.0. The lowest BCUT2D eigenvalue weighted by molar-refractivity contribution is 0.191. The van der Waals surface area contributed by atoms with Gasteiger partial charge in [-0.15, -0.1) is 0 Å². The molecular formula is C25H35ClN4O. The van der Waals surface area contributed by atoms with E-state index in [4.69, 9.17) is 16.3 Å². The third-order valence-corrected chi connectivity index (χ3v) is 6.97. The number of rotatable bonds is 10. The minimum absolute atomic E-state index is 0.453. The Bertz CT molecular complexity index is 862. The molecule has 5 nitrogen and oxygen atoms in total. The van der Waals surface area contributed by atoms with E-state index in [1.807, 2.05) is 0 Å². The fourth-order valence-electron chi connectivity index (χ4n) is 4.26. The molecule has 0 unspecified atom stereocenters. The molecule has 0 amide bonds. The van der Waals surface area contributed by atoms with Gasteiger partial charge in [0.25, 0.3) is 0 Å². The lowest BCUT2D eigenvalue weighted by Crippen LogP contribution is -2.38. The highest BCUT2D eigenvalue weighted by atomic mass is 35.5. The van der Waals surface area contributed by atoms with Crippen molar-refractivity contribution in [2.24, 2.45) is 5.41 Å². The van der Waals surface area contributed by atoms with E-state index >= 15 is 0 Å². The molecule has 0 bridgehead atoms. The molecule has 2 fully saturated rings. The molecule has 168 valence electrons. The monoisotopic (exact) mass is 442 g/mol. The SMILES string of the molecule is COCCN[C@H]1CC[C@H](Nc2cc(-c3cccc(NCC4(C)CC4)c3)c(Cl)cn2)CC1. The third-order valence-electron chi connectivity index (χ3n) is 6.67. The quantitative estimate of drug-likeness (QED) is 0.420. The Kier molecular flexibility index (Phi) is 7.36. The maximum Gasteiger partial charge on any atom is 0.126 e. The maximum atomic E-state index is 6.54. The van der Waals surface area contributed by atoms with Gasteiger partial charge in [-0.1, -0.05) is 30.7 Å². The van der Waals surface area contributed by atoms with Gasteiger partial charge in [-0.25, -0.2) is 4.98 Å². The molecule has 3 N–H and O–H groups in total. The van der Waals surface area contributed by atoms with Gasteiger partial charge in [0.05, 0.1) is 11.6 Å². The van der Waals surface area contributed by atoms with E-state index in [1.165, 1.54) is 25.7 Å². The average Bonchev–Trinajstić information content (AvgIpc) is 3.53. The third kappa shape index (κ3) is 6.34. The molecule has 6 heteroatoms. The zero-order valence-electron chi connectivity index (χ0n) is 18.7. The molecule has 1 aromatic carbocycles. The van der Waals surface area contributed by atoms with Gasteiger partial charge in [0.15, 0.2) is 0 Å². The van der Waals surface area contributed by atoms with Crippen LogP contribution in [0.2, 0.25) is 5.02 Å². The first-order valence-electron chi connectivity index (χ1n) is 11.5. The standard InChI is InChI=1S/C25H35ClN4O/c1-25(10-11-25)17-29-21-5-3-4-18(14-21)22-15-24(28-16-23(22)26)30-20-8-6-19(7-9-20)27-12-13-31-2/h3-5,14-16,19-20,27,29H,6-13,17H2,1-2H3,(H,28,30)/t19-,20-. The summed E-state index contributed by atoms with van der Waals surface area (Å²) in [6.45, 7) is 5.06. The summed E-state index contributed by atoms with van der Waals surface area (Å²) < 4.78 is 5.13. The van der Waals surface area contributed by atoms with Crippen LogP contribution >= 0.6 is 11.6 Å². The molecule has 1 heterocycles. The number of methoxy groups -OCH3 is 1. The molecule has 31 heavy (non-hydrogen) atoms. The Morgan fingerprint density at radius 2 is 1.90 bits per heavy atom. The van der Waals surface area contributed by atoms with Crippen LogP contribution in [0.25, 0.3) is 11.1 Å². The van der Waals surface area contributed by atoms with Crippen molar-refractivity contribution in [2.45, 2.75) is 57.5 Å². The number of nitrogens with one attached hydrogen (secondary N) is 3. The topological polar surface area (TPSA) is 58.2 Å². The predicted octanol–water partition coefficient (Wildman–Crippen LogP) is 5.57. The van der Waals surface area contributed by atoms with Crippen molar-refractivity contribution >= 4 is 23.1 Å². The Hall–Kier alpha value is -1.82. The smallest absolute Gasteiger partial charge is 0.126 e. The molecule has 0 spiro atoms. The van der Waals surface area contributed by atoms with Crippen molar-refractivity contribution in [3.63, 3.8) is 0 Å². The number of pyridine rings is 1. The maximum absolute atomic E-state index is 6.54. The van der Waals surface area contributed by atoms with Crippen LogP contribution in [-0.2, 0) is 4.74 Å². The van der Waals surface area contributed by atoms with Crippen LogP contribution in [0.1, 0.15) is 45.4 Å². The highest BCUT2D eigenvalue weighted by Gasteiger charge is 2.36. The minimum atomic E-state index is 0.453. The first-order valence-corrected chi connectivity index (χ1v) is 11.9. The number of ether oxygens (including phenoxy) is 1. The Labute approximate surface area is 191 Å². The number of hydrogen-bond acceptors (Lipinski definition) is 5. The van der Waals surface area contributed by atoms with E-state index < -0.39 is 0 Å². The van der Waals surface area contributed by atoms with Crippen molar-refractivity contribution in [1.29, 1.82) is 0 Å². The Morgan fingerprint density at radius 1 is 1.13 bits per heavy atom. The Morgan fingerprint density at radius 3 is 2.65 bits per heavy atom. The summed E-state index contributed by atoms with van der Waals surface area (Å²) in [5.74, 6) is 0.902. The van der Waals surface area contributed by atoms with Crippen LogP contribution in [0, 0.1) is 5.41 Å². The molecule has 2 saturated carbocycles. The number of hydrogen-bond donors (Lipinski definition) is 3. The van der Waals surface area contributed by atoms with Gasteiger partial charge in [-0.05, 0) is 67.7 Å². The average molecular weight is 443 g/mol. The summed E-state index contributed by atoms with van der Waals surface area (Å²) in [6, 6.07) is 11.7. The van der Waals surface area contributed by atoms with Crippen LogP contribution in [0.4, 0.5) is 11.5 Å². The fourth-order valence-corrected chi connectivity index (χ4v) is 4.47. The van der Waals surface area contributed by atoms with Crippen LogP contribution < -0.4 is 16.0 Å². The molecule has 0 radical (unpaired) electrons. The lowest BCUT2D eigenvalue weighted by Gasteiger charge is -2.30. The van der Waals surface area contributed by atoms with E-state index in [-0.39, 0.29) is 0 Å². The molecule has 4 rings (SSSR count). The van der Waals surface area contributed by atoms with Crippen molar-refractivity contribution in [3.8, 4) is 11.1 Å². The van der Waals surface area contributed by atoms with Crippen molar-refractivity contribution in [2.75, 3.05) is 37.4 Å². The summed E-state index contributed by atoms with van der Waals surface area (Å²) in [6.07, 6.45) is 9.03. The highest BCUT2D eigenvalue weighted by Crippen LogP contribution is 2.44. The van der Waals surface area contributed by atoms with Gasteiger partial charge in [-0.2, -0.15) is 0 Å². The lowest BCUT2D eigenvalue weighted by atomic mass is 9.91. The zero-order chi connectivity index (χ0) is 21.7. The second kappa shape index (κ2) is 10.2. The molecular weight excluding hydrogens is 408 g/mol. The summed E-state index contributed by atoms with van der Waals surface area (Å²) in [5.41, 5.74) is 3.76. The van der Waals surface area contributed by atoms with Gasteiger partial charge in [0.1, 0.15) is 5.82 Å². The first kappa shape index (κ1) is 22.4. The number of halogens is 1. The molecule has 0 atom stereocenters. The van der Waals surface area contributed by atoms with Gasteiger partial charge in [0, 0.05) is 49.7 Å². The number of anilines is 2. The molecule has 0 aliphatic heterocycles. The normalized spacial score (nSPS) is 22.2. The van der Waals surface area contributed by atoms with Crippen molar-refractivity contribution in [1.82, 2.24) is 10.3 Å². The predicted molar refractivity (Wildman–Crippen MR) is 130 cm³/mol. The van der Waals surface area contributed by atoms with E-state index in [2.05, 4.69) is 58.2 Å². The summed E-state index contributed by atoms with van der Waals surface area (Å²) in [7, 11) is 1.75. The van der Waals surface area contributed by atoms with E-state index in [0.29, 0.717) is 22.5 Å². The highest BCUT2D eigenvalue weighted by molar-refractivity contribution is 6.33. The zero-order valence-corrected chi connectivity index (χ0v) is 19.5. The van der Waals surface area contributed by atoms with Gasteiger partial charge >= 0.3 is 0 Å². The number of nitrogens with zero attached hydrogens (tertiary/aromatic N) is 1. The fraction of sp³-hybridized carbons (Fsp3) is 0.560. The van der Waals surface area contributed by atoms with E-state index in [0.717, 1.165) is 55.2 Å². The summed E-state index contributed by atoms with van der Waals surface area (Å²) in [4.78, 5) is 4.55. The Balaban J connectivity index is 1.36. The second-order valence-corrected chi connectivity index (χ2v) is 9.84. The minimum Gasteiger partial charge on any atom is -0.384 e. The van der Waals surface area contributed by atoms with Crippen LogP contribution in [0.15, 0.2) is 36.5 Å². The summed E-state index contributed by atoms with van der Waals surface area (Å²) in [5, 5.41) is 11.5. The molecule has 2 aliphatic carbocycles. The van der Waals surface area contributed by atoms with Crippen molar-refractivity contribution < 1.29 is 4.74 Å². The van der Waals surface area contributed by atoms with E-state index in [1.54, 1.807) is 13.3 Å².